The molecule has 6 nitrogen and oxygen atoms in total. The number of hydrogen-bond acceptors (Lipinski definition) is 5. The van der Waals surface area contributed by atoms with E-state index in [-0.39, 0.29) is 5.41 Å². The van der Waals surface area contributed by atoms with Crippen LogP contribution >= 0.6 is 11.6 Å². The van der Waals surface area contributed by atoms with E-state index in [1.807, 2.05) is 11.6 Å². The molecule has 0 atom stereocenters. The monoisotopic (exact) mass is 294 g/mol. The zero-order valence-electron chi connectivity index (χ0n) is 12.2. The van der Waals surface area contributed by atoms with Gasteiger partial charge in [0.05, 0.1) is 0 Å². The largest absolute Gasteiger partial charge is 0.369 e. The zero-order chi connectivity index (χ0) is 14.8. The van der Waals surface area contributed by atoms with E-state index in [4.69, 9.17) is 11.6 Å². The summed E-state index contributed by atoms with van der Waals surface area (Å²) in [5.74, 6) is 2.39. The van der Waals surface area contributed by atoms with Gasteiger partial charge in [0.1, 0.15) is 28.9 Å². The highest BCUT2D eigenvalue weighted by Crippen LogP contribution is 2.22. The van der Waals surface area contributed by atoms with Crippen molar-refractivity contribution in [2.45, 2.75) is 32.6 Å². The summed E-state index contributed by atoms with van der Waals surface area (Å²) in [7, 11) is 1.93. The zero-order valence-corrected chi connectivity index (χ0v) is 12.9. The highest BCUT2D eigenvalue weighted by Gasteiger charge is 2.18. The summed E-state index contributed by atoms with van der Waals surface area (Å²) in [6.07, 6.45) is 2.46. The van der Waals surface area contributed by atoms with E-state index in [1.165, 1.54) is 0 Å². The maximum absolute atomic E-state index is 6.04. The Kier molecular flexibility index (Phi) is 4.23. The van der Waals surface area contributed by atoms with Crippen LogP contribution in [0.5, 0.6) is 0 Å². The van der Waals surface area contributed by atoms with Crippen molar-refractivity contribution in [1.29, 1.82) is 0 Å². The Morgan fingerprint density at radius 2 is 2.05 bits per heavy atom. The minimum absolute atomic E-state index is 0.134. The second-order valence-corrected chi connectivity index (χ2v) is 6.07. The lowest BCUT2D eigenvalue weighted by Gasteiger charge is -2.17. The predicted octanol–water partition coefficient (Wildman–Crippen LogP) is 2.21. The van der Waals surface area contributed by atoms with Gasteiger partial charge in [0.25, 0.3) is 0 Å². The van der Waals surface area contributed by atoms with Gasteiger partial charge in [0.15, 0.2) is 0 Å². The van der Waals surface area contributed by atoms with Crippen molar-refractivity contribution >= 4 is 17.4 Å². The average Bonchev–Trinajstić information content (AvgIpc) is 2.73. The normalized spacial score (nSPS) is 11.7. The summed E-state index contributed by atoms with van der Waals surface area (Å²) >= 11 is 6.04. The lowest BCUT2D eigenvalue weighted by Crippen LogP contribution is -2.18. The summed E-state index contributed by atoms with van der Waals surface area (Å²) in [5, 5.41) is 11.6. The van der Waals surface area contributed by atoms with E-state index in [0.717, 1.165) is 23.9 Å². The van der Waals surface area contributed by atoms with E-state index in [9.17, 15) is 0 Å². The number of halogens is 1. The average molecular weight is 295 g/mol. The molecule has 20 heavy (non-hydrogen) atoms. The molecule has 0 fully saturated rings. The number of aromatic nitrogens is 5. The Morgan fingerprint density at radius 1 is 1.30 bits per heavy atom. The smallest absolute Gasteiger partial charge is 0.137 e. The molecule has 0 aliphatic carbocycles. The van der Waals surface area contributed by atoms with Crippen LogP contribution in [0.4, 0.5) is 5.82 Å². The third kappa shape index (κ3) is 3.66. The number of hydrogen-bond donors (Lipinski definition) is 1. The quantitative estimate of drug-likeness (QED) is 0.876. The Morgan fingerprint density at radius 3 is 2.65 bits per heavy atom. The molecular weight excluding hydrogens is 276 g/mol. The molecule has 108 valence electrons. The third-order valence-electron chi connectivity index (χ3n) is 2.83. The minimum atomic E-state index is -0.134. The van der Waals surface area contributed by atoms with Gasteiger partial charge in [-0.3, -0.25) is 0 Å². The van der Waals surface area contributed by atoms with Gasteiger partial charge in [-0.2, -0.15) is 0 Å². The summed E-state index contributed by atoms with van der Waals surface area (Å²) in [6.45, 7) is 6.88. The molecule has 2 aromatic heterocycles. The van der Waals surface area contributed by atoms with Gasteiger partial charge in [-0.15, -0.1) is 10.2 Å². The summed E-state index contributed by atoms with van der Waals surface area (Å²) < 4.78 is 1.90. The first-order valence-electron chi connectivity index (χ1n) is 6.48. The van der Waals surface area contributed by atoms with Crippen LogP contribution in [0.15, 0.2) is 12.4 Å². The molecule has 0 aromatic carbocycles. The lowest BCUT2D eigenvalue weighted by atomic mass is 9.96. The second kappa shape index (κ2) is 5.75. The van der Waals surface area contributed by atoms with Crippen LogP contribution in [0, 0.1) is 0 Å². The minimum Gasteiger partial charge on any atom is -0.369 e. The van der Waals surface area contributed by atoms with Gasteiger partial charge >= 0.3 is 0 Å². The SMILES string of the molecule is Cn1cnnc1CCNc1cc(Cl)nc(C(C)(C)C)n1. The van der Waals surface area contributed by atoms with Gasteiger partial charge in [-0.25, -0.2) is 9.97 Å². The highest BCUT2D eigenvalue weighted by atomic mass is 35.5. The number of aryl methyl sites for hydroxylation is 1. The van der Waals surface area contributed by atoms with Crippen LogP contribution in [0.2, 0.25) is 5.15 Å². The number of nitrogens with zero attached hydrogens (tertiary/aromatic N) is 5. The van der Waals surface area contributed by atoms with Gasteiger partial charge < -0.3 is 9.88 Å². The van der Waals surface area contributed by atoms with Crippen molar-refractivity contribution in [3.63, 3.8) is 0 Å². The van der Waals surface area contributed by atoms with E-state index in [0.29, 0.717) is 11.7 Å². The maximum atomic E-state index is 6.04. The molecule has 0 aliphatic heterocycles. The first-order chi connectivity index (χ1) is 9.36. The molecule has 0 spiro atoms. The van der Waals surface area contributed by atoms with E-state index in [1.54, 1.807) is 12.4 Å². The Hall–Kier alpha value is -1.69. The van der Waals surface area contributed by atoms with Crippen LogP contribution < -0.4 is 5.32 Å². The van der Waals surface area contributed by atoms with Crippen molar-refractivity contribution in [3.8, 4) is 0 Å². The topological polar surface area (TPSA) is 68.5 Å². The van der Waals surface area contributed by atoms with Crippen LogP contribution in [0.3, 0.4) is 0 Å². The molecule has 0 amide bonds. The Labute approximate surface area is 123 Å². The highest BCUT2D eigenvalue weighted by molar-refractivity contribution is 6.29. The summed E-state index contributed by atoms with van der Waals surface area (Å²) in [5.41, 5.74) is -0.134. The molecule has 7 heteroatoms. The van der Waals surface area contributed by atoms with Crippen molar-refractivity contribution in [2.75, 3.05) is 11.9 Å². The van der Waals surface area contributed by atoms with Gasteiger partial charge in [0, 0.05) is 31.5 Å². The first-order valence-corrected chi connectivity index (χ1v) is 6.86. The number of anilines is 1. The molecule has 2 rings (SSSR count). The summed E-state index contributed by atoms with van der Waals surface area (Å²) in [4.78, 5) is 8.76. The van der Waals surface area contributed by atoms with E-state index in [2.05, 4.69) is 46.3 Å². The standard InChI is InChI=1S/C13H19ClN6/c1-13(2,3)12-17-9(14)7-10(18-12)15-6-5-11-19-16-8-20(11)4/h7-8H,5-6H2,1-4H3,(H,15,17,18). The van der Waals surface area contributed by atoms with E-state index >= 15 is 0 Å². The first kappa shape index (κ1) is 14.7. The molecule has 0 saturated carbocycles. The van der Waals surface area contributed by atoms with Gasteiger partial charge in [0.2, 0.25) is 0 Å². The molecular formula is C13H19ClN6. The molecule has 2 heterocycles. The maximum Gasteiger partial charge on any atom is 0.137 e. The Balaban J connectivity index is 2.03. The molecule has 1 N–H and O–H groups in total. The fraction of sp³-hybridized carbons (Fsp3) is 0.538. The molecule has 0 bridgehead atoms. The van der Waals surface area contributed by atoms with Crippen molar-refractivity contribution in [3.05, 3.63) is 29.2 Å². The fourth-order valence-corrected chi connectivity index (χ4v) is 1.86. The molecule has 0 unspecified atom stereocenters. The van der Waals surface area contributed by atoms with Gasteiger partial charge in [-0.05, 0) is 0 Å². The Bertz CT molecular complexity index is 587. The molecule has 0 radical (unpaired) electrons. The van der Waals surface area contributed by atoms with Crippen molar-refractivity contribution in [1.82, 2.24) is 24.7 Å². The molecule has 0 aliphatic rings. The lowest BCUT2D eigenvalue weighted by molar-refractivity contribution is 0.546. The van der Waals surface area contributed by atoms with Crippen LogP contribution in [0.25, 0.3) is 0 Å². The van der Waals surface area contributed by atoms with Gasteiger partial charge in [-0.1, -0.05) is 32.4 Å². The van der Waals surface area contributed by atoms with Crippen LogP contribution in [0.1, 0.15) is 32.4 Å². The number of nitrogens with one attached hydrogen (secondary N) is 1. The van der Waals surface area contributed by atoms with Crippen molar-refractivity contribution < 1.29 is 0 Å². The molecule has 2 aromatic rings. The van der Waals surface area contributed by atoms with Crippen LogP contribution in [-0.4, -0.2) is 31.3 Å². The fourth-order valence-electron chi connectivity index (χ4n) is 1.68. The second-order valence-electron chi connectivity index (χ2n) is 5.68. The number of rotatable bonds is 4. The van der Waals surface area contributed by atoms with E-state index < -0.39 is 0 Å². The van der Waals surface area contributed by atoms with Crippen molar-refractivity contribution in [2.24, 2.45) is 7.05 Å². The van der Waals surface area contributed by atoms with Crippen LogP contribution in [-0.2, 0) is 18.9 Å². The summed E-state index contributed by atoms with van der Waals surface area (Å²) in [6, 6.07) is 1.73. The third-order valence-corrected chi connectivity index (χ3v) is 3.02. The molecule has 0 saturated heterocycles. The predicted molar refractivity (Wildman–Crippen MR) is 78.9 cm³/mol.